The molecule has 1 amide bonds. The fourth-order valence-electron chi connectivity index (χ4n) is 2.70. The Bertz CT molecular complexity index is 1050. The zero-order chi connectivity index (χ0) is 20.8. The number of benzene rings is 2. The van der Waals surface area contributed by atoms with Gasteiger partial charge in [0.1, 0.15) is 17.3 Å². The van der Waals surface area contributed by atoms with Gasteiger partial charge in [0.25, 0.3) is 5.69 Å². The van der Waals surface area contributed by atoms with E-state index in [0.717, 1.165) is 16.9 Å². The highest BCUT2D eigenvalue weighted by Crippen LogP contribution is 2.31. The number of hydrogen-bond donors (Lipinski definition) is 1. The van der Waals surface area contributed by atoms with Crippen LogP contribution in [0.2, 0.25) is 0 Å². The summed E-state index contributed by atoms with van der Waals surface area (Å²) in [6.07, 6.45) is 1.51. The third-order valence-electron chi connectivity index (χ3n) is 4.15. The van der Waals surface area contributed by atoms with Crippen molar-refractivity contribution in [1.82, 2.24) is 5.43 Å². The number of carbonyl (C=O) groups is 1. The lowest BCUT2D eigenvalue weighted by molar-refractivity contribution is -0.384. The summed E-state index contributed by atoms with van der Waals surface area (Å²) in [4.78, 5) is 22.8. The predicted molar refractivity (Wildman–Crippen MR) is 108 cm³/mol. The summed E-state index contributed by atoms with van der Waals surface area (Å²) >= 11 is 0. The molecule has 0 saturated heterocycles. The summed E-state index contributed by atoms with van der Waals surface area (Å²) in [7, 11) is 1.58. The van der Waals surface area contributed by atoms with Gasteiger partial charge in [-0.2, -0.15) is 5.10 Å². The number of nitro groups is 1. The van der Waals surface area contributed by atoms with Crippen LogP contribution in [-0.2, 0) is 11.2 Å². The molecule has 0 unspecified atom stereocenters. The van der Waals surface area contributed by atoms with E-state index in [1.807, 2.05) is 0 Å². The van der Waals surface area contributed by atoms with Crippen LogP contribution in [0.5, 0.6) is 5.75 Å². The van der Waals surface area contributed by atoms with Crippen LogP contribution in [-0.4, -0.2) is 24.2 Å². The summed E-state index contributed by atoms with van der Waals surface area (Å²) < 4.78 is 10.7. The summed E-state index contributed by atoms with van der Waals surface area (Å²) in [6.45, 7) is 1.78. The molecule has 1 heterocycles. The normalized spacial score (nSPS) is 10.8. The second kappa shape index (κ2) is 8.83. The van der Waals surface area contributed by atoms with Gasteiger partial charge in [-0.3, -0.25) is 14.9 Å². The van der Waals surface area contributed by atoms with E-state index in [-0.39, 0.29) is 18.0 Å². The highest BCUT2D eigenvalue weighted by Gasteiger charge is 2.18. The first-order valence-electron chi connectivity index (χ1n) is 8.76. The Kier molecular flexibility index (Phi) is 6.03. The molecule has 0 spiro atoms. The van der Waals surface area contributed by atoms with Crippen molar-refractivity contribution in [2.45, 2.75) is 13.3 Å². The van der Waals surface area contributed by atoms with Gasteiger partial charge in [-0.15, -0.1) is 0 Å². The predicted octanol–water partition coefficient (Wildman–Crippen LogP) is 3.86. The van der Waals surface area contributed by atoms with Crippen molar-refractivity contribution in [2.24, 2.45) is 5.10 Å². The van der Waals surface area contributed by atoms with Gasteiger partial charge in [0.2, 0.25) is 5.91 Å². The van der Waals surface area contributed by atoms with Gasteiger partial charge >= 0.3 is 0 Å². The molecule has 1 aromatic heterocycles. The van der Waals surface area contributed by atoms with Gasteiger partial charge in [0, 0.05) is 6.07 Å². The molecule has 3 aromatic rings. The van der Waals surface area contributed by atoms with E-state index in [1.165, 1.54) is 12.3 Å². The molecule has 0 bridgehead atoms. The smallest absolute Gasteiger partial charge is 0.280 e. The molecule has 29 heavy (non-hydrogen) atoms. The molecular weight excluding hydrogens is 374 g/mol. The molecule has 3 rings (SSSR count). The van der Waals surface area contributed by atoms with Gasteiger partial charge in [0.15, 0.2) is 0 Å². The van der Waals surface area contributed by atoms with Crippen LogP contribution in [0.25, 0.3) is 11.3 Å². The van der Waals surface area contributed by atoms with Gasteiger partial charge < -0.3 is 9.15 Å². The number of aryl methyl sites for hydroxylation is 1. The second-order valence-electron chi connectivity index (χ2n) is 6.30. The van der Waals surface area contributed by atoms with Crippen molar-refractivity contribution < 1.29 is 18.9 Å². The van der Waals surface area contributed by atoms with Crippen LogP contribution in [0.3, 0.4) is 0 Å². The van der Waals surface area contributed by atoms with Crippen LogP contribution < -0.4 is 10.2 Å². The zero-order valence-corrected chi connectivity index (χ0v) is 15.9. The molecule has 8 nitrogen and oxygen atoms in total. The van der Waals surface area contributed by atoms with E-state index < -0.39 is 4.92 Å². The number of hydrazone groups is 1. The van der Waals surface area contributed by atoms with Gasteiger partial charge in [0.05, 0.1) is 30.2 Å². The van der Waals surface area contributed by atoms with Crippen LogP contribution in [0.1, 0.15) is 16.9 Å². The largest absolute Gasteiger partial charge is 0.497 e. The minimum Gasteiger partial charge on any atom is -0.497 e. The van der Waals surface area contributed by atoms with Crippen molar-refractivity contribution in [3.05, 3.63) is 81.6 Å². The summed E-state index contributed by atoms with van der Waals surface area (Å²) in [5, 5.41) is 15.1. The van der Waals surface area contributed by atoms with Crippen LogP contribution >= 0.6 is 0 Å². The van der Waals surface area contributed by atoms with Crippen molar-refractivity contribution in [2.75, 3.05) is 7.11 Å². The number of carbonyl (C=O) groups excluding carboxylic acids is 1. The fraction of sp³-hybridized carbons (Fsp3) is 0.143. The highest BCUT2D eigenvalue weighted by atomic mass is 16.6. The topological polar surface area (TPSA) is 107 Å². The molecule has 1 N–H and O–H groups in total. The minimum atomic E-state index is -0.446. The summed E-state index contributed by atoms with van der Waals surface area (Å²) in [6, 6.07) is 15.3. The van der Waals surface area contributed by atoms with Crippen molar-refractivity contribution in [1.29, 1.82) is 0 Å². The zero-order valence-electron chi connectivity index (χ0n) is 15.9. The minimum absolute atomic E-state index is 0.0318. The first-order valence-corrected chi connectivity index (χ1v) is 8.76. The molecule has 0 radical (unpaired) electrons. The second-order valence-corrected chi connectivity index (χ2v) is 6.30. The van der Waals surface area contributed by atoms with Crippen molar-refractivity contribution >= 4 is 17.8 Å². The lowest BCUT2D eigenvalue weighted by Gasteiger charge is -2.02. The Labute approximate surface area is 167 Å². The third-order valence-corrected chi connectivity index (χ3v) is 4.15. The maximum Gasteiger partial charge on any atom is 0.280 e. The number of nitro benzene ring substituents is 1. The Hall–Kier alpha value is -3.94. The standard InChI is InChI=1S/C21H19N3O5/c1-14-3-9-18(19(11-14)24(26)27)20-10-8-17(29-20)13-22-23-21(25)12-15-4-6-16(28-2)7-5-15/h3-11,13H,12H2,1-2H3,(H,23,25)/b22-13-. The Morgan fingerprint density at radius 3 is 2.66 bits per heavy atom. The maximum absolute atomic E-state index is 12.0. The lowest BCUT2D eigenvalue weighted by Crippen LogP contribution is -2.19. The molecule has 0 aliphatic heterocycles. The van der Waals surface area contributed by atoms with Gasteiger partial charge in [-0.1, -0.05) is 18.2 Å². The maximum atomic E-state index is 12.0. The Morgan fingerprint density at radius 2 is 1.97 bits per heavy atom. The molecule has 0 saturated carbocycles. The molecule has 0 fully saturated rings. The fourth-order valence-corrected chi connectivity index (χ4v) is 2.70. The van der Waals surface area contributed by atoms with E-state index in [1.54, 1.807) is 62.6 Å². The number of nitrogens with one attached hydrogen (secondary N) is 1. The van der Waals surface area contributed by atoms with Crippen LogP contribution in [0.4, 0.5) is 5.69 Å². The Morgan fingerprint density at radius 1 is 1.21 bits per heavy atom. The lowest BCUT2D eigenvalue weighted by atomic mass is 10.1. The first-order chi connectivity index (χ1) is 14.0. The Balaban J connectivity index is 1.63. The molecule has 8 heteroatoms. The van der Waals surface area contributed by atoms with E-state index in [9.17, 15) is 14.9 Å². The van der Waals surface area contributed by atoms with Crippen LogP contribution in [0, 0.1) is 17.0 Å². The number of hydrogen-bond acceptors (Lipinski definition) is 6. The first kappa shape index (κ1) is 19.8. The number of methoxy groups -OCH3 is 1. The molecule has 148 valence electrons. The van der Waals surface area contributed by atoms with E-state index in [4.69, 9.17) is 9.15 Å². The molecular formula is C21H19N3O5. The summed E-state index contributed by atoms with van der Waals surface area (Å²) in [5.74, 6) is 1.14. The van der Waals surface area contributed by atoms with Crippen molar-refractivity contribution in [3.8, 4) is 17.1 Å². The molecule has 0 aliphatic carbocycles. The van der Waals surface area contributed by atoms with Crippen molar-refractivity contribution in [3.63, 3.8) is 0 Å². The third kappa shape index (κ3) is 5.07. The number of rotatable bonds is 7. The quantitative estimate of drug-likeness (QED) is 0.373. The molecule has 0 atom stereocenters. The van der Waals surface area contributed by atoms with Crippen LogP contribution in [0.15, 0.2) is 64.1 Å². The SMILES string of the molecule is COc1ccc(CC(=O)N/N=C\c2ccc(-c3ccc(C)cc3[N+](=O)[O-])o2)cc1. The molecule has 0 aliphatic rings. The number of amides is 1. The number of nitrogens with zero attached hydrogens (tertiary/aromatic N) is 2. The highest BCUT2D eigenvalue weighted by molar-refractivity contribution is 5.82. The average molecular weight is 393 g/mol. The average Bonchev–Trinajstić information content (AvgIpc) is 3.17. The summed E-state index contributed by atoms with van der Waals surface area (Å²) in [5.41, 5.74) is 4.38. The van der Waals surface area contributed by atoms with E-state index >= 15 is 0 Å². The van der Waals surface area contributed by atoms with E-state index in [2.05, 4.69) is 10.5 Å². The van der Waals surface area contributed by atoms with Gasteiger partial charge in [-0.05, 0) is 48.4 Å². The van der Waals surface area contributed by atoms with Gasteiger partial charge in [-0.25, -0.2) is 5.43 Å². The molecule has 2 aromatic carbocycles. The van der Waals surface area contributed by atoms with E-state index in [0.29, 0.717) is 17.1 Å². The number of ether oxygens (including phenoxy) is 1. The monoisotopic (exact) mass is 393 g/mol. The number of furan rings is 1.